The highest BCUT2D eigenvalue weighted by molar-refractivity contribution is 5.49. The lowest BCUT2D eigenvalue weighted by molar-refractivity contribution is 0.471. The van der Waals surface area contributed by atoms with Crippen molar-refractivity contribution in [3.63, 3.8) is 0 Å². The largest absolute Gasteiger partial charge is 0.508 e. The van der Waals surface area contributed by atoms with Gasteiger partial charge in [-0.2, -0.15) is 0 Å². The number of phenols is 1. The molecule has 20 heavy (non-hydrogen) atoms. The van der Waals surface area contributed by atoms with Crippen LogP contribution in [0.25, 0.3) is 0 Å². The molecule has 0 heterocycles. The van der Waals surface area contributed by atoms with Gasteiger partial charge >= 0.3 is 0 Å². The lowest BCUT2D eigenvalue weighted by Crippen LogP contribution is -2.18. The molecule has 0 bridgehead atoms. The third-order valence-corrected chi connectivity index (χ3v) is 3.70. The fourth-order valence-corrected chi connectivity index (χ4v) is 2.73. The molecule has 2 nitrogen and oxygen atoms in total. The number of hydrogen-bond acceptors (Lipinski definition) is 2. The van der Waals surface area contributed by atoms with Crippen LogP contribution in [0.15, 0.2) is 36.4 Å². The van der Waals surface area contributed by atoms with Gasteiger partial charge in [0, 0.05) is 6.07 Å². The number of rotatable bonds is 2. The van der Waals surface area contributed by atoms with Crippen molar-refractivity contribution in [3.05, 3.63) is 59.2 Å². The van der Waals surface area contributed by atoms with Crippen molar-refractivity contribution in [2.75, 3.05) is 5.32 Å². The summed E-state index contributed by atoms with van der Waals surface area (Å²) in [5.74, 6) is -0.982. The Balaban J connectivity index is 1.91. The van der Waals surface area contributed by atoms with Crippen molar-refractivity contribution < 1.29 is 13.9 Å². The second-order valence-electron chi connectivity index (χ2n) is 5.10. The summed E-state index contributed by atoms with van der Waals surface area (Å²) in [6.45, 7) is 0. The zero-order valence-corrected chi connectivity index (χ0v) is 10.9. The van der Waals surface area contributed by atoms with E-state index in [0.717, 1.165) is 36.5 Å². The number of anilines is 1. The Morgan fingerprint density at radius 1 is 1.10 bits per heavy atom. The van der Waals surface area contributed by atoms with Crippen molar-refractivity contribution in [3.8, 4) is 5.75 Å². The van der Waals surface area contributed by atoms with Gasteiger partial charge in [0.25, 0.3) is 0 Å². The fraction of sp³-hybridized carbons (Fsp3) is 0.250. The summed E-state index contributed by atoms with van der Waals surface area (Å²) >= 11 is 0. The van der Waals surface area contributed by atoms with Crippen LogP contribution in [0.2, 0.25) is 0 Å². The van der Waals surface area contributed by atoms with E-state index in [0.29, 0.717) is 0 Å². The minimum atomic E-state index is -0.600. The van der Waals surface area contributed by atoms with Gasteiger partial charge in [0.1, 0.15) is 17.4 Å². The van der Waals surface area contributed by atoms with Crippen LogP contribution in [-0.2, 0) is 6.42 Å². The molecule has 1 unspecified atom stereocenters. The maximum absolute atomic E-state index is 13.7. The molecule has 0 spiro atoms. The monoisotopic (exact) mass is 275 g/mol. The molecule has 0 amide bonds. The Morgan fingerprint density at radius 3 is 2.75 bits per heavy atom. The average Bonchev–Trinajstić information content (AvgIpc) is 2.42. The third-order valence-electron chi connectivity index (χ3n) is 3.70. The number of aryl methyl sites for hydroxylation is 1. The van der Waals surface area contributed by atoms with Gasteiger partial charge in [0.15, 0.2) is 0 Å². The van der Waals surface area contributed by atoms with Gasteiger partial charge < -0.3 is 10.4 Å². The normalized spacial score (nSPS) is 17.6. The second-order valence-corrected chi connectivity index (χ2v) is 5.10. The fourth-order valence-electron chi connectivity index (χ4n) is 2.73. The smallest absolute Gasteiger partial charge is 0.149 e. The molecule has 0 aliphatic heterocycles. The Labute approximate surface area is 116 Å². The van der Waals surface area contributed by atoms with Gasteiger partial charge in [-0.15, -0.1) is 0 Å². The topological polar surface area (TPSA) is 32.3 Å². The van der Waals surface area contributed by atoms with E-state index in [9.17, 15) is 13.9 Å². The second kappa shape index (κ2) is 5.12. The highest BCUT2D eigenvalue weighted by Gasteiger charge is 2.21. The van der Waals surface area contributed by atoms with Crippen molar-refractivity contribution in [1.82, 2.24) is 0 Å². The van der Waals surface area contributed by atoms with Crippen LogP contribution < -0.4 is 5.32 Å². The highest BCUT2D eigenvalue weighted by atomic mass is 19.1. The first-order valence-electron chi connectivity index (χ1n) is 6.67. The summed E-state index contributed by atoms with van der Waals surface area (Å²) in [6.07, 6.45) is 2.81. The molecule has 2 aromatic carbocycles. The molecule has 1 aliphatic rings. The summed E-state index contributed by atoms with van der Waals surface area (Å²) in [5, 5.41) is 12.7. The summed E-state index contributed by atoms with van der Waals surface area (Å²) in [5.41, 5.74) is 2.43. The van der Waals surface area contributed by atoms with E-state index in [2.05, 4.69) is 5.32 Å². The summed E-state index contributed by atoms with van der Waals surface area (Å²) in [6, 6.07) is 8.73. The summed E-state index contributed by atoms with van der Waals surface area (Å²) in [7, 11) is 0. The molecule has 0 radical (unpaired) electrons. The van der Waals surface area contributed by atoms with Crippen molar-refractivity contribution in [1.29, 1.82) is 0 Å². The molecule has 0 aromatic heterocycles. The molecule has 104 valence electrons. The first-order chi connectivity index (χ1) is 9.63. The van der Waals surface area contributed by atoms with Crippen molar-refractivity contribution in [2.45, 2.75) is 25.3 Å². The quantitative estimate of drug-likeness (QED) is 0.862. The molecular weight excluding hydrogens is 260 g/mol. The number of benzene rings is 2. The number of aromatic hydroxyl groups is 1. The van der Waals surface area contributed by atoms with Crippen LogP contribution in [0.3, 0.4) is 0 Å². The van der Waals surface area contributed by atoms with Crippen LogP contribution in [0.5, 0.6) is 5.75 Å². The molecule has 3 rings (SSSR count). The van der Waals surface area contributed by atoms with E-state index in [-0.39, 0.29) is 17.5 Å². The number of halogens is 2. The SMILES string of the molecule is Oc1ccc2c(c1)C(Nc1ccc(F)cc1F)CCC2. The standard InChI is InChI=1S/C16H15F2NO/c17-11-5-7-16(14(18)8-11)19-15-3-1-2-10-4-6-12(20)9-13(10)15/h4-9,15,19-20H,1-3H2. The molecule has 2 N–H and O–H groups in total. The molecule has 2 aromatic rings. The van der Waals surface area contributed by atoms with E-state index in [1.165, 1.54) is 12.1 Å². The summed E-state index contributed by atoms with van der Waals surface area (Å²) < 4.78 is 26.6. The molecule has 1 atom stereocenters. The van der Waals surface area contributed by atoms with Crippen molar-refractivity contribution >= 4 is 5.69 Å². The minimum Gasteiger partial charge on any atom is -0.508 e. The van der Waals surface area contributed by atoms with Gasteiger partial charge in [-0.25, -0.2) is 8.78 Å². The van der Waals surface area contributed by atoms with Crippen LogP contribution in [-0.4, -0.2) is 5.11 Å². The molecule has 0 saturated heterocycles. The lowest BCUT2D eigenvalue weighted by Gasteiger charge is -2.27. The minimum absolute atomic E-state index is 0.0641. The Hall–Kier alpha value is -2.10. The number of fused-ring (bicyclic) bond motifs is 1. The van der Waals surface area contributed by atoms with E-state index < -0.39 is 11.6 Å². The van der Waals surface area contributed by atoms with Gasteiger partial charge in [0.05, 0.1) is 11.7 Å². The average molecular weight is 275 g/mol. The third kappa shape index (κ3) is 2.46. The van der Waals surface area contributed by atoms with Gasteiger partial charge in [-0.1, -0.05) is 6.07 Å². The van der Waals surface area contributed by atoms with Crippen LogP contribution in [0.4, 0.5) is 14.5 Å². The highest BCUT2D eigenvalue weighted by Crippen LogP contribution is 2.35. The molecule has 1 aliphatic carbocycles. The van der Waals surface area contributed by atoms with E-state index in [4.69, 9.17) is 0 Å². The van der Waals surface area contributed by atoms with E-state index in [1.54, 1.807) is 12.1 Å². The number of hydrogen-bond donors (Lipinski definition) is 2. The molecule has 0 saturated carbocycles. The van der Waals surface area contributed by atoms with Crippen LogP contribution in [0, 0.1) is 11.6 Å². The summed E-state index contributed by atoms with van der Waals surface area (Å²) in [4.78, 5) is 0. The van der Waals surface area contributed by atoms with Gasteiger partial charge in [-0.05, 0) is 54.7 Å². The first-order valence-corrected chi connectivity index (χ1v) is 6.67. The Kier molecular flexibility index (Phi) is 3.30. The van der Waals surface area contributed by atoms with E-state index >= 15 is 0 Å². The lowest BCUT2D eigenvalue weighted by atomic mass is 9.87. The van der Waals surface area contributed by atoms with E-state index in [1.807, 2.05) is 6.07 Å². The maximum Gasteiger partial charge on any atom is 0.149 e. The molecule has 0 fully saturated rings. The van der Waals surface area contributed by atoms with Gasteiger partial charge in [-0.3, -0.25) is 0 Å². The van der Waals surface area contributed by atoms with Crippen LogP contribution >= 0.6 is 0 Å². The number of phenolic OH excluding ortho intramolecular Hbond substituents is 1. The van der Waals surface area contributed by atoms with Crippen molar-refractivity contribution in [2.24, 2.45) is 0 Å². The zero-order chi connectivity index (χ0) is 14.1. The predicted octanol–water partition coefficient (Wildman–Crippen LogP) is 4.16. The zero-order valence-electron chi connectivity index (χ0n) is 10.9. The molecular formula is C16H15F2NO. The Bertz CT molecular complexity index is 642. The number of nitrogens with one attached hydrogen (secondary N) is 1. The maximum atomic E-state index is 13.7. The predicted molar refractivity (Wildman–Crippen MR) is 73.8 cm³/mol. The first kappa shape index (κ1) is 12.9. The molecule has 4 heteroatoms. The van der Waals surface area contributed by atoms with Crippen LogP contribution in [0.1, 0.15) is 30.0 Å². The Morgan fingerprint density at radius 2 is 1.95 bits per heavy atom. The van der Waals surface area contributed by atoms with Gasteiger partial charge in [0.2, 0.25) is 0 Å².